The number of ether oxygens (including phenoxy) is 2. The summed E-state index contributed by atoms with van der Waals surface area (Å²) < 4.78 is 11.5. The Bertz CT molecular complexity index is 957. The van der Waals surface area contributed by atoms with Crippen LogP contribution >= 0.6 is 11.3 Å². The molecule has 1 N–H and O–H groups in total. The lowest BCUT2D eigenvalue weighted by atomic mass is 10.2. The van der Waals surface area contributed by atoms with Crippen LogP contribution in [0, 0.1) is 10.1 Å². The van der Waals surface area contributed by atoms with E-state index in [0.29, 0.717) is 29.3 Å². The first-order valence-corrected chi connectivity index (χ1v) is 8.54. The average Bonchev–Trinajstić information content (AvgIpc) is 3.05. The van der Waals surface area contributed by atoms with Crippen molar-refractivity contribution in [3.63, 3.8) is 0 Å². The molecule has 0 aliphatic carbocycles. The number of carbonyl (C=O) groups excluding carboxylic acids is 1. The molecule has 0 aliphatic rings. The van der Waals surface area contributed by atoms with Crippen LogP contribution in [0.5, 0.6) is 5.75 Å². The largest absolute Gasteiger partial charge is 0.468 e. The van der Waals surface area contributed by atoms with Gasteiger partial charge in [0.2, 0.25) is 6.41 Å². The summed E-state index contributed by atoms with van der Waals surface area (Å²) in [4.78, 5) is 25.8. The second-order valence-corrected chi connectivity index (χ2v) is 6.19. The van der Waals surface area contributed by atoms with E-state index in [-0.39, 0.29) is 18.2 Å². The lowest BCUT2D eigenvalue weighted by Gasteiger charge is -2.04. The first kappa shape index (κ1) is 17.8. The molecule has 0 bridgehead atoms. The number of nitrogens with one attached hydrogen (secondary N) is 1. The van der Waals surface area contributed by atoms with Gasteiger partial charge in [0.15, 0.2) is 6.79 Å². The van der Waals surface area contributed by atoms with Crippen LogP contribution in [-0.2, 0) is 9.53 Å². The summed E-state index contributed by atoms with van der Waals surface area (Å²) in [5, 5.41) is 14.2. The lowest BCUT2D eigenvalue weighted by Crippen LogP contribution is -2.01. The van der Waals surface area contributed by atoms with E-state index in [2.05, 4.69) is 10.3 Å². The quantitative estimate of drug-likeness (QED) is 0.212. The second-order valence-electron chi connectivity index (χ2n) is 5.15. The minimum Gasteiger partial charge on any atom is -0.468 e. The van der Waals surface area contributed by atoms with E-state index >= 15 is 0 Å². The number of amides is 1. The molecule has 8 nitrogen and oxygen atoms in total. The molecule has 0 fully saturated rings. The highest BCUT2D eigenvalue weighted by molar-refractivity contribution is 7.21. The summed E-state index contributed by atoms with van der Waals surface area (Å²) in [7, 11) is 0. The number of thiazole rings is 1. The number of hydrogen-bond acceptors (Lipinski definition) is 7. The predicted molar refractivity (Wildman–Crippen MR) is 98.5 cm³/mol. The highest BCUT2D eigenvalue weighted by Crippen LogP contribution is 2.35. The van der Waals surface area contributed by atoms with Gasteiger partial charge in [-0.3, -0.25) is 14.9 Å². The van der Waals surface area contributed by atoms with Gasteiger partial charge in [-0.25, -0.2) is 4.98 Å². The molecule has 2 aromatic carbocycles. The molecule has 0 saturated heterocycles. The van der Waals surface area contributed by atoms with E-state index in [1.807, 2.05) is 19.1 Å². The molecule has 9 heteroatoms. The van der Waals surface area contributed by atoms with E-state index in [4.69, 9.17) is 9.47 Å². The van der Waals surface area contributed by atoms with Gasteiger partial charge in [-0.15, -0.1) is 11.3 Å². The zero-order valence-electron chi connectivity index (χ0n) is 13.8. The molecule has 1 heterocycles. The first-order valence-electron chi connectivity index (χ1n) is 7.72. The third-order valence-corrected chi connectivity index (χ3v) is 4.60. The number of anilines is 1. The number of aromatic nitrogens is 1. The molecule has 0 radical (unpaired) electrons. The molecule has 3 rings (SSSR count). The number of carbonyl (C=O) groups is 1. The number of fused-ring (bicyclic) bond motifs is 1. The van der Waals surface area contributed by atoms with Gasteiger partial charge >= 0.3 is 0 Å². The number of nitro benzene ring substituents is 1. The van der Waals surface area contributed by atoms with Crippen LogP contribution < -0.4 is 10.1 Å². The van der Waals surface area contributed by atoms with Crippen molar-refractivity contribution in [3.8, 4) is 16.3 Å². The highest BCUT2D eigenvalue weighted by atomic mass is 32.1. The van der Waals surface area contributed by atoms with Crippen LogP contribution in [0.25, 0.3) is 20.8 Å². The number of hydrogen-bond donors (Lipinski definition) is 1. The molecule has 0 saturated carbocycles. The van der Waals surface area contributed by atoms with Gasteiger partial charge < -0.3 is 14.8 Å². The fourth-order valence-electron chi connectivity index (χ4n) is 2.31. The van der Waals surface area contributed by atoms with Crippen molar-refractivity contribution in [2.24, 2.45) is 0 Å². The standard InChI is InChI=1S/C17H15N3O5S/c1-2-24-10-25-12-4-6-14-16(8-12)26-17(19-14)11-3-5-13(18-9-21)15(7-11)20(22)23/h3-9H,2,10H2,1H3,(H,18,21). The number of rotatable bonds is 8. The van der Waals surface area contributed by atoms with Crippen molar-refractivity contribution in [2.75, 3.05) is 18.7 Å². The van der Waals surface area contributed by atoms with Gasteiger partial charge in [-0.05, 0) is 37.3 Å². The summed E-state index contributed by atoms with van der Waals surface area (Å²) >= 11 is 1.40. The van der Waals surface area contributed by atoms with Gasteiger partial charge in [-0.1, -0.05) is 0 Å². The van der Waals surface area contributed by atoms with Gasteiger partial charge in [0.05, 0.1) is 15.1 Å². The fraction of sp³-hybridized carbons (Fsp3) is 0.176. The van der Waals surface area contributed by atoms with Crippen LogP contribution in [0.1, 0.15) is 6.92 Å². The van der Waals surface area contributed by atoms with Crippen molar-refractivity contribution < 1.29 is 19.2 Å². The van der Waals surface area contributed by atoms with Gasteiger partial charge in [0.25, 0.3) is 5.69 Å². The van der Waals surface area contributed by atoms with Crippen molar-refractivity contribution in [3.05, 3.63) is 46.5 Å². The van der Waals surface area contributed by atoms with Crippen molar-refractivity contribution in [1.82, 2.24) is 4.98 Å². The molecule has 3 aromatic rings. The van der Waals surface area contributed by atoms with Crippen LogP contribution in [0.2, 0.25) is 0 Å². The van der Waals surface area contributed by atoms with E-state index < -0.39 is 4.92 Å². The molecule has 0 unspecified atom stereocenters. The highest BCUT2D eigenvalue weighted by Gasteiger charge is 2.17. The van der Waals surface area contributed by atoms with Crippen LogP contribution in [0.3, 0.4) is 0 Å². The fourth-order valence-corrected chi connectivity index (χ4v) is 3.30. The molecule has 1 amide bonds. The number of nitro groups is 1. The molecule has 0 atom stereocenters. The van der Waals surface area contributed by atoms with Crippen molar-refractivity contribution in [1.29, 1.82) is 0 Å². The summed E-state index contributed by atoms with van der Waals surface area (Å²) in [5.74, 6) is 0.665. The smallest absolute Gasteiger partial charge is 0.293 e. The Kier molecular flexibility index (Phi) is 5.40. The van der Waals surface area contributed by atoms with Gasteiger partial charge in [-0.2, -0.15) is 0 Å². The van der Waals surface area contributed by atoms with Crippen LogP contribution in [0.4, 0.5) is 11.4 Å². The predicted octanol–water partition coefficient (Wildman–Crippen LogP) is 3.81. The van der Waals surface area contributed by atoms with E-state index in [1.165, 1.54) is 23.5 Å². The Morgan fingerprint density at radius 3 is 2.88 bits per heavy atom. The normalized spacial score (nSPS) is 10.7. The van der Waals surface area contributed by atoms with Crippen LogP contribution in [0.15, 0.2) is 36.4 Å². The number of benzene rings is 2. The van der Waals surface area contributed by atoms with Gasteiger partial charge in [0, 0.05) is 18.2 Å². The average molecular weight is 373 g/mol. The Hall–Kier alpha value is -3.04. The molecule has 1 aromatic heterocycles. The molecular weight excluding hydrogens is 358 g/mol. The summed E-state index contributed by atoms with van der Waals surface area (Å²) in [5.41, 5.74) is 1.33. The van der Waals surface area contributed by atoms with E-state index in [1.54, 1.807) is 12.1 Å². The Morgan fingerprint density at radius 1 is 1.31 bits per heavy atom. The van der Waals surface area contributed by atoms with Crippen LogP contribution in [-0.4, -0.2) is 29.7 Å². The van der Waals surface area contributed by atoms with E-state index in [9.17, 15) is 14.9 Å². The Balaban J connectivity index is 1.93. The zero-order valence-corrected chi connectivity index (χ0v) is 14.6. The maximum absolute atomic E-state index is 11.2. The maximum Gasteiger partial charge on any atom is 0.293 e. The Morgan fingerprint density at radius 2 is 2.15 bits per heavy atom. The monoisotopic (exact) mass is 373 g/mol. The molecule has 26 heavy (non-hydrogen) atoms. The minimum atomic E-state index is -0.539. The number of nitrogens with zero attached hydrogens (tertiary/aromatic N) is 2. The Labute approximate surface area is 152 Å². The molecule has 0 spiro atoms. The summed E-state index contributed by atoms with van der Waals surface area (Å²) in [6, 6.07) is 10.0. The summed E-state index contributed by atoms with van der Waals surface area (Å²) in [6.07, 6.45) is 0.406. The molecule has 0 aliphatic heterocycles. The molecular formula is C17H15N3O5S. The third kappa shape index (κ3) is 3.79. The minimum absolute atomic E-state index is 0.140. The van der Waals surface area contributed by atoms with Gasteiger partial charge in [0.1, 0.15) is 16.4 Å². The topological polar surface area (TPSA) is 104 Å². The SMILES string of the molecule is CCOCOc1ccc2nc(-c3ccc(NC=O)c([N+](=O)[O-])c3)sc2c1. The third-order valence-electron chi connectivity index (χ3n) is 3.53. The van der Waals surface area contributed by atoms with Crippen molar-refractivity contribution in [2.45, 2.75) is 6.92 Å². The summed E-state index contributed by atoms with van der Waals surface area (Å²) in [6.45, 7) is 2.63. The van der Waals surface area contributed by atoms with E-state index in [0.717, 1.165) is 10.2 Å². The lowest BCUT2D eigenvalue weighted by molar-refractivity contribution is -0.383. The second kappa shape index (κ2) is 7.89. The first-order chi connectivity index (χ1) is 12.6. The van der Waals surface area contributed by atoms with Crippen molar-refractivity contribution >= 4 is 39.3 Å². The molecule has 134 valence electrons. The maximum atomic E-state index is 11.2. The zero-order chi connectivity index (χ0) is 18.5.